The second kappa shape index (κ2) is 10.7. The Bertz CT molecular complexity index is 892. The van der Waals surface area contributed by atoms with Crippen molar-refractivity contribution in [2.75, 3.05) is 33.4 Å². The number of fused-ring (bicyclic) bond motifs is 1. The molecular weight excluding hydrogens is 424 g/mol. The van der Waals surface area contributed by atoms with Crippen LogP contribution in [-0.4, -0.2) is 65.8 Å². The smallest absolute Gasteiger partial charge is 0.237 e. The largest absolute Gasteiger partial charge is 0.493 e. The van der Waals surface area contributed by atoms with Gasteiger partial charge in [-0.3, -0.25) is 9.69 Å². The van der Waals surface area contributed by atoms with E-state index in [9.17, 15) is 9.90 Å². The average Bonchev–Trinajstić information content (AvgIpc) is 3.25. The number of hydrogen-bond donors (Lipinski definition) is 1. The normalized spacial score (nSPS) is 17.2. The Morgan fingerprint density at radius 3 is 2.69 bits per heavy atom. The molecule has 1 aliphatic heterocycles. The standard InChI is InChI=1S/C25H36N2O4S/c1-6-13-26(18(2)25(3,4)29)16-24(28)27-14-11-23-19(12-15-32-23)20(27)17-31-22-10-8-7-9-21(22)30-5/h7-10,12,15,18,20,29H,6,11,13-14,16-17H2,1-5H3/t18-,20-/m1/s1. The molecule has 7 heteroatoms. The van der Waals surface area contributed by atoms with Crippen LogP contribution >= 0.6 is 11.3 Å². The van der Waals surface area contributed by atoms with Gasteiger partial charge >= 0.3 is 0 Å². The van der Waals surface area contributed by atoms with Crippen molar-refractivity contribution >= 4 is 17.2 Å². The summed E-state index contributed by atoms with van der Waals surface area (Å²) < 4.78 is 11.6. The summed E-state index contributed by atoms with van der Waals surface area (Å²) in [6.45, 7) is 9.75. The van der Waals surface area contributed by atoms with E-state index in [0.717, 1.165) is 19.4 Å². The molecule has 1 aliphatic rings. The molecule has 2 heterocycles. The van der Waals surface area contributed by atoms with E-state index in [4.69, 9.17) is 9.47 Å². The van der Waals surface area contributed by atoms with Crippen molar-refractivity contribution in [3.63, 3.8) is 0 Å². The Morgan fingerprint density at radius 2 is 2.03 bits per heavy atom. The molecular formula is C25H36N2O4S. The predicted molar refractivity (Wildman–Crippen MR) is 129 cm³/mol. The fraction of sp³-hybridized carbons (Fsp3) is 0.560. The third-order valence-electron chi connectivity index (χ3n) is 6.30. The molecule has 0 aliphatic carbocycles. The van der Waals surface area contributed by atoms with Crippen molar-refractivity contribution in [2.45, 2.75) is 58.2 Å². The number of ether oxygens (including phenoxy) is 2. The van der Waals surface area contributed by atoms with Gasteiger partial charge in [0.2, 0.25) is 5.91 Å². The summed E-state index contributed by atoms with van der Waals surface area (Å²) in [5.41, 5.74) is 0.284. The van der Waals surface area contributed by atoms with Crippen LogP contribution in [0.3, 0.4) is 0 Å². The molecule has 6 nitrogen and oxygen atoms in total. The highest BCUT2D eigenvalue weighted by Gasteiger charge is 2.35. The van der Waals surface area contributed by atoms with Gasteiger partial charge in [0.25, 0.3) is 0 Å². The molecule has 0 saturated carbocycles. The first-order chi connectivity index (χ1) is 15.3. The van der Waals surface area contributed by atoms with Gasteiger partial charge < -0.3 is 19.5 Å². The lowest BCUT2D eigenvalue weighted by Gasteiger charge is -2.40. The molecule has 2 aromatic rings. The lowest BCUT2D eigenvalue weighted by molar-refractivity contribution is -0.138. The van der Waals surface area contributed by atoms with Crippen LogP contribution in [-0.2, 0) is 11.2 Å². The molecule has 32 heavy (non-hydrogen) atoms. The number of thiophene rings is 1. The maximum atomic E-state index is 13.5. The van der Waals surface area contributed by atoms with Gasteiger partial charge in [-0.05, 0) is 69.3 Å². The molecule has 1 aromatic heterocycles. The van der Waals surface area contributed by atoms with E-state index in [1.165, 1.54) is 10.4 Å². The summed E-state index contributed by atoms with van der Waals surface area (Å²) in [5, 5.41) is 12.6. The highest BCUT2D eigenvalue weighted by atomic mass is 32.1. The van der Waals surface area contributed by atoms with Crippen LogP contribution < -0.4 is 9.47 Å². The maximum Gasteiger partial charge on any atom is 0.237 e. The van der Waals surface area contributed by atoms with Gasteiger partial charge in [-0.2, -0.15) is 0 Å². The molecule has 1 N–H and O–H groups in total. The van der Waals surface area contributed by atoms with E-state index in [1.807, 2.05) is 36.1 Å². The Hall–Kier alpha value is -2.09. The number of nitrogens with zero attached hydrogens (tertiary/aromatic N) is 2. The van der Waals surface area contributed by atoms with Crippen LogP contribution in [0.4, 0.5) is 0 Å². The molecule has 1 amide bonds. The van der Waals surface area contributed by atoms with Crippen molar-refractivity contribution in [2.24, 2.45) is 0 Å². The molecule has 3 rings (SSSR count). The van der Waals surface area contributed by atoms with E-state index in [0.29, 0.717) is 24.7 Å². The van der Waals surface area contributed by atoms with Crippen molar-refractivity contribution in [1.82, 2.24) is 9.80 Å². The Balaban J connectivity index is 1.79. The summed E-state index contributed by atoms with van der Waals surface area (Å²) in [5.74, 6) is 1.42. The fourth-order valence-corrected chi connectivity index (χ4v) is 5.12. The third-order valence-corrected chi connectivity index (χ3v) is 7.30. The van der Waals surface area contributed by atoms with Gasteiger partial charge in [0.05, 0.1) is 25.3 Å². The number of carbonyl (C=O) groups is 1. The van der Waals surface area contributed by atoms with Crippen LogP contribution in [0.1, 0.15) is 50.6 Å². The van der Waals surface area contributed by atoms with E-state index in [-0.39, 0.29) is 24.5 Å². The molecule has 0 fully saturated rings. The lowest BCUT2D eigenvalue weighted by atomic mass is 9.98. The monoisotopic (exact) mass is 460 g/mol. The quantitative estimate of drug-likeness (QED) is 0.578. The minimum Gasteiger partial charge on any atom is -0.493 e. The van der Waals surface area contributed by atoms with Crippen LogP contribution in [0.25, 0.3) is 0 Å². The van der Waals surface area contributed by atoms with Gasteiger partial charge in [-0.1, -0.05) is 19.1 Å². The van der Waals surface area contributed by atoms with Gasteiger partial charge in [0, 0.05) is 17.5 Å². The fourth-order valence-electron chi connectivity index (χ4n) is 4.19. The number of rotatable bonds is 10. The zero-order chi connectivity index (χ0) is 23.3. The third kappa shape index (κ3) is 5.63. The SMILES string of the molecule is CCCN(CC(=O)N1CCc2sccc2[C@H]1COc1ccccc1OC)[C@H](C)C(C)(C)O. The topological polar surface area (TPSA) is 62.2 Å². The Labute approximate surface area is 195 Å². The molecule has 176 valence electrons. The first-order valence-corrected chi connectivity index (χ1v) is 12.2. The van der Waals surface area contributed by atoms with E-state index in [2.05, 4.69) is 23.3 Å². The first kappa shape index (κ1) is 24.6. The second-order valence-electron chi connectivity index (χ2n) is 8.91. The summed E-state index contributed by atoms with van der Waals surface area (Å²) in [4.78, 5) is 18.9. The van der Waals surface area contributed by atoms with E-state index in [1.54, 1.807) is 32.3 Å². The van der Waals surface area contributed by atoms with Gasteiger partial charge in [0.15, 0.2) is 11.5 Å². The van der Waals surface area contributed by atoms with E-state index >= 15 is 0 Å². The van der Waals surface area contributed by atoms with Crippen LogP contribution in [0.2, 0.25) is 0 Å². The highest BCUT2D eigenvalue weighted by Crippen LogP contribution is 2.35. The Morgan fingerprint density at radius 1 is 1.31 bits per heavy atom. The molecule has 0 radical (unpaired) electrons. The summed E-state index contributed by atoms with van der Waals surface area (Å²) in [7, 11) is 1.63. The van der Waals surface area contributed by atoms with Gasteiger partial charge in [0.1, 0.15) is 6.61 Å². The second-order valence-corrected chi connectivity index (χ2v) is 9.91. The van der Waals surface area contributed by atoms with Crippen LogP contribution in [0, 0.1) is 0 Å². The molecule has 0 bridgehead atoms. The number of amides is 1. The minimum absolute atomic E-state index is 0.0695. The van der Waals surface area contributed by atoms with Crippen molar-refractivity contribution in [1.29, 1.82) is 0 Å². The molecule has 1 aromatic carbocycles. The Kier molecular flexibility index (Phi) is 8.20. The minimum atomic E-state index is -0.885. The van der Waals surface area contributed by atoms with Gasteiger partial charge in [-0.25, -0.2) is 0 Å². The summed E-state index contributed by atoms with van der Waals surface area (Å²) in [6.07, 6.45) is 1.78. The van der Waals surface area contributed by atoms with Crippen LogP contribution in [0.5, 0.6) is 11.5 Å². The number of methoxy groups -OCH3 is 1. The predicted octanol–water partition coefficient (Wildman–Crippen LogP) is 4.13. The van der Waals surface area contributed by atoms with Gasteiger partial charge in [-0.15, -0.1) is 11.3 Å². The molecule has 0 unspecified atom stereocenters. The van der Waals surface area contributed by atoms with Crippen LogP contribution in [0.15, 0.2) is 35.7 Å². The first-order valence-electron chi connectivity index (χ1n) is 11.3. The average molecular weight is 461 g/mol. The zero-order valence-electron chi connectivity index (χ0n) is 19.8. The highest BCUT2D eigenvalue weighted by molar-refractivity contribution is 7.10. The summed E-state index contributed by atoms with van der Waals surface area (Å²) in [6, 6.07) is 9.41. The molecule has 0 saturated heterocycles. The van der Waals surface area contributed by atoms with Crippen molar-refractivity contribution in [3.8, 4) is 11.5 Å². The van der Waals surface area contributed by atoms with Crippen molar-refractivity contribution in [3.05, 3.63) is 46.2 Å². The maximum absolute atomic E-state index is 13.5. The van der Waals surface area contributed by atoms with Crippen molar-refractivity contribution < 1.29 is 19.4 Å². The number of carbonyl (C=O) groups excluding carboxylic acids is 1. The molecule has 2 atom stereocenters. The number of hydrogen-bond acceptors (Lipinski definition) is 6. The van der Waals surface area contributed by atoms with E-state index < -0.39 is 5.60 Å². The number of aliphatic hydroxyl groups is 1. The lowest BCUT2D eigenvalue weighted by Crippen LogP contribution is -2.53. The number of benzene rings is 1. The number of para-hydroxylation sites is 2. The zero-order valence-corrected chi connectivity index (χ0v) is 20.7. The summed E-state index contributed by atoms with van der Waals surface area (Å²) >= 11 is 1.74. The molecule has 0 spiro atoms.